The minimum atomic E-state index is -3.56. The van der Waals surface area contributed by atoms with Gasteiger partial charge in [-0.3, -0.25) is 4.79 Å². The maximum Gasteiger partial charge on any atom is 0.234 e. The number of carbonyl (C=O) groups is 1. The van der Waals surface area contributed by atoms with Crippen LogP contribution in [0.25, 0.3) is 0 Å². The molecule has 2 aromatic carbocycles. The van der Waals surface area contributed by atoms with Crippen LogP contribution in [0.3, 0.4) is 0 Å². The lowest BCUT2D eigenvalue weighted by Gasteiger charge is -2.34. The third-order valence-corrected chi connectivity index (χ3v) is 7.00. The summed E-state index contributed by atoms with van der Waals surface area (Å²) in [5, 5.41) is 2.13. The van der Waals surface area contributed by atoms with E-state index in [1.165, 1.54) is 0 Å². The van der Waals surface area contributed by atoms with E-state index >= 15 is 0 Å². The first kappa shape index (κ1) is 16.2. The summed E-state index contributed by atoms with van der Waals surface area (Å²) in [7, 11) is -3.56. The molecule has 120 valence electrons. The van der Waals surface area contributed by atoms with Gasteiger partial charge in [0.25, 0.3) is 0 Å². The van der Waals surface area contributed by atoms with E-state index in [0.29, 0.717) is 0 Å². The first-order valence-corrected chi connectivity index (χ1v) is 9.74. The van der Waals surface area contributed by atoms with Crippen molar-refractivity contribution in [3.05, 3.63) is 66.2 Å². The number of alkyl halides is 1. The Morgan fingerprint density at radius 1 is 0.957 bits per heavy atom. The molecule has 1 N–H and O–H groups in total. The summed E-state index contributed by atoms with van der Waals surface area (Å²) < 4.78 is 26.1. The molecule has 0 saturated carbocycles. The van der Waals surface area contributed by atoms with Gasteiger partial charge in [0.15, 0.2) is 9.84 Å². The second-order valence-electron chi connectivity index (χ2n) is 5.50. The fraction of sp³-hybridized carbons (Fsp3) is 0.235. The van der Waals surface area contributed by atoms with Gasteiger partial charge in [0, 0.05) is 0 Å². The zero-order chi connectivity index (χ0) is 16.4. The van der Waals surface area contributed by atoms with Crippen molar-refractivity contribution < 1.29 is 13.2 Å². The van der Waals surface area contributed by atoms with Crippen molar-refractivity contribution in [2.45, 2.75) is 27.4 Å². The highest BCUT2D eigenvalue weighted by molar-refractivity contribution is 9.10. The summed E-state index contributed by atoms with van der Waals surface area (Å²) >= 11 is 3.28. The zero-order valence-corrected chi connectivity index (χ0v) is 14.6. The van der Waals surface area contributed by atoms with Gasteiger partial charge in [-0.2, -0.15) is 0 Å². The molecule has 0 unspecified atom stereocenters. The van der Waals surface area contributed by atoms with Gasteiger partial charge in [-0.1, -0.05) is 64.5 Å². The molecule has 1 aliphatic rings. The molecule has 1 heterocycles. The first-order valence-electron chi connectivity index (χ1n) is 7.28. The number of hydrogen-bond acceptors (Lipinski definition) is 3. The van der Waals surface area contributed by atoms with E-state index < -0.39 is 26.0 Å². The zero-order valence-electron chi connectivity index (χ0n) is 12.2. The van der Waals surface area contributed by atoms with Crippen molar-refractivity contribution >= 4 is 31.7 Å². The lowest BCUT2D eigenvalue weighted by molar-refractivity contribution is -0.122. The Balaban J connectivity index is 2.05. The van der Waals surface area contributed by atoms with Crippen LogP contribution in [0.1, 0.15) is 18.0 Å². The van der Waals surface area contributed by atoms with E-state index in [0.717, 1.165) is 5.56 Å². The van der Waals surface area contributed by atoms with Gasteiger partial charge in [0.05, 0.1) is 21.0 Å². The number of rotatable bonds is 3. The van der Waals surface area contributed by atoms with Crippen LogP contribution in [0.15, 0.2) is 65.6 Å². The number of benzene rings is 2. The molecule has 6 heteroatoms. The lowest BCUT2D eigenvalue weighted by atomic mass is 9.96. The Morgan fingerprint density at radius 3 is 2.13 bits per heavy atom. The molecule has 0 spiro atoms. The smallest absolute Gasteiger partial charge is 0.234 e. The average molecular weight is 394 g/mol. The molecule has 3 rings (SSSR count). The lowest BCUT2D eigenvalue weighted by Crippen LogP contribution is -2.50. The number of halogens is 1. The standard InChI is InChI=1S/C17H16BrNO3S/c18-14-11-15(23(21,22)13-9-5-2-6-10-13)16(19-17(14)20)12-7-3-1-4-8-12/h1-10,14-16H,11H2,(H,19,20)/t14-,15-,16+/m1/s1. The van der Waals surface area contributed by atoms with Crippen molar-refractivity contribution in [3.63, 3.8) is 0 Å². The van der Waals surface area contributed by atoms with E-state index in [9.17, 15) is 13.2 Å². The van der Waals surface area contributed by atoms with Crippen molar-refractivity contribution in [2.24, 2.45) is 0 Å². The number of hydrogen-bond donors (Lipinski definition) is 1. The van der Waals surface area contributed by atoms with Gasteiger partial charge >= 0.3 is 0 Å². The highest BCUT2D eigenvalue weighted by Gasteiger charge is 2.43. The average Bonchev–Trinajstić information content (AvgIpc) is 2.58. The topological polar surface area (TPSA) is 63.2 Å². The molecule has 0 aromatic heterocycles. The maximum atomic E-state index is 13.1. The first-order chi connectivity index (χ1) is 11.0. The molecule has 2 aromatic rings. The second-order valence-corrected chi connectivity index (χ2v) is 8.77. The molecule has 1 amide bonds. The van der Waals surface area contributed by atoms with Crippen molar-refractivity contribution in [1.29, 1.82) is 0 Å². The van der Waals surface area contributed by atoms with Crippen molar-refractivity contribution in [1.82, 2.24) is 5.32 Å². The van der Waals surface area contributed by atoms with Gasteiger partial charge in [-0.15, -0.1) is 0 Å². The Morgan fingerprint density at radius 2 is 1.52 bits per heavy atom. The van der Waals surface area contributed by atoms with Gasteiger partial charge in [0.2, 0.25) is 5.91 Å². The largest absolute Gasteiger partial charge is 0.347 e. The van der Waals surface area contributed by atoms with Gasteiger partial charge in [-0.25, -0.2) is 8.42 Å². The van der Waals surface area contributed by atoms with E-state index in [4.69, 9.17) is 0 Å². The normalized spacial score (nSPS) is 24.9. The number of sulfone groups is 1. The van der Waals surface area contributed by atoms with Crippen LogP contribution in [-0.2, 0) is 14.6 Å². The summed E-state index contributed by atoms with van der Waals surface area (Å²) in [6.45, 7) is 0. The van der Waals surface area contributed by atoms with E-state index in [1.807, 2.05) is 30.3 Å². The van der Waals surface area contributed by atoms with Crippen LogP contribution in [0, 0.1) is 0 Å². The van der Waals surface area contributed by atoms with Gasteiger partial charge in [-0.05, 0) is 24.1 Å². The van der Waals surface area contributed by atoms with Crippen LogP contribution >= 0.6 is 15.9 Å². The number of piperidine rings is 1. The molecule has 4 nitrogen and oxygen atoms in total. The Labute approximate surface area is 144 Å². The van der Waals surface area contributed by atoms with E-state index in [-0.39, 0.29) is 17.2 Å². The minimum Gasteiger partial charge on any atom is -0.347 e. The Bertz CT molecular complexity index is 793. The Hall–Kier alpha value is -1.66. The summed E-state index contributed by atoms with van der Waals surface area (Å²) in [6, 6.07) is 17.1. The van der Waals surface area contributed by atoms with Crippen molar-refractivity contribution in [2.75, 3.05) is 0 Å². The molecule has 1 aliphatic heterocycles. The number of amides is 1. The molecule has 0 aliphatic carbocycles. The van der Waals surface area contributed by atoms with Gasteiger partial charge < -0.3 is 5.32 Å². The quantitative estimate of drug-likeness (QED) is 0.815. The molecule has 3 atom stereocenters. The van der Waals surface area contributed by atoms with Crippen LogP contribution < -0.4 is 5.32 Å². The number of carbonyl (C=O) groups excluding carboxylic acids is 1. The fourth-order valence-corrected chi connectivity index (χ4v) is 5.53. The minimum absolute atomic E-state index is 0.182. The highest BCUT2D eigenvalue weighted by Crippen LogP contribution is 2.35. The second kappa shape index (κ2) is 6.45. The summed E-state index contributed by atoms with van der Waals surface area (Å²) in [4.78, 5) is 11.8. The monoisotopic (exact) mass is 393 g/mol. The molecule has 23 heavy (non-hydrogen) atoms. The maximum absolute atomic E-state index is 13.1. The molecular weight excluding hydrogens is 378 g/mol. The van der Waals surface area contributed by atoms with Crippen LogP contribution in [0.4, 0.5) is 0 Å². The fourth-order valence-electron chi connectivity index (χ4n) is 2.83. The summed E-state index contributed by atoms with van der Waals surface area (Å²) in [5.74, 6) is -0.182. The molecule has 0 radical (unpaired) electrons. The predicted octanol–water partition coefficient (Wildman–Crippen LogP) is 2.85. The molecule has 0 bridgehead atoms. The molecular formula is C17H16BrNO3S. The Kier molecular flexibility index (Phi) is 4.55. The van der Waals surface area contributed by atoms with E-state index in [2.05, 4.69) is 21.2 Å². The molecule has 1 saturated heterocycles. The van der Waals surface area contributed by atoms with Gasteiger partial charge in [0.1, 0.15) is 0 Å². The highest BCUT2D eigenvalue weighted by atomic mass is 79.9. The molecule has 1 fully saturated rings. The summed E-state index contributed by atoms with van der Waals surface area (Å²) in [6.07, 6.45) is 0.239. The third-order valence-electron chi connectivity index (χ3n) is 4.02. The van der Waals surface area contributed by atoms with Crippen LogP contribution in [0.2, 0.25) is 0 Å². The van der Waals surface area contributed by atoms with Crippen molar-refractivity contribution in [3.8, 4) is 0 Å². The predicted molar refractivity (Wildman–Crippen MR) is 92.1 cm³/mol. The van der Waals surface area contributed by atoms with E-state index in [1.54, 1.807) is 30.3 Å². The van der Waals surface area contributed by atoms with Crippen LogP contribution in [-0.4, -0.2) is 24.4 Å². The third kappa shape index (κ3) is 3.19. The van der Waals surface area contributed by atoms with Crippen LogP contribution in [0.5, 0.6) is 0 Å². The number of nitrogens with one attached hydrogen (secondary N) is 1. The summed E-state index contributed by atoms with van der Waals surface area (Å²) in [5.41, 5.74) is 0.796. The SMILES string of the molecule is O=C1N[C@@H](c2ccccc2)[C@H](S(=O)(=O)c2ccccc2)C[C@H]1Br.